The summed E-state index contributed by atoms with van der Waals surface area (Å²) in [6.45, 7) is 5.36. The first-order valence-corrected chi connectivity index (χ1v) is 10.5. The van der Waals surface area contributed by atoms with Gasteiger partial charge in [-0.15, -0.1) is 0 Å². The fraction of sp³-hybridized carbons (Fsp3) is 0.826. The highest BCUT2D eigenvalue weighted by atomic mass is 14.7. The smallest absolute Gasteiger partial charge is 0.00718 e. The van der Waals surface area contributed by atoms with E-state index in [1.165, 1.54) is 38.5 Å². The third-order valence-corrected chi connectivity index (χ3v) is 10.2. The largest absolute Gasteiger partial charge is 0.0623 e. The fourth-order valence-corrected chi connectivity index (χ4v) is 10.0. The average Bonchev–Trinajstić information content (AvgIpc) is 3.24. The Morgan fingerprint density at radius 2 is 1.26 bits per heavy atom. The molecule has 7 unspecified atom stereocenters. The molecule has 8 bridgehead atoms. The Morgan fingerprint density at radius 3 is 1.83 bits per heavy atom. The zero-order valence-corrected chi connectivity index (χ0v) is 14.8. The Kier molecular flexibility index (Phi) is 1.97. The molecular formula is C23H30. The summed E-state index contributed by atoms with van der Waals surface area (Å²) < 4.78 is 0. The van der Waals surface area contributed by atoms with Crippen LogP contribution in [-0.2, 0) is 0 Å². The minimum atomic E-state index is 0.653. The Bertz CT molecular complexity index is 652. The Balaban J connectivity index is 1.49. The maximum absolute atomic E-state index is 2.68. The molecule has 0 N–H and O–H groups in total. The van der Waals surface area contributed by atoms with Gasteiger partial charge in [0.15, 0.2) is 0 Å². The molecule has 0 heteroatoms. The van der Waals surface area contributed by atoms with Crippen LogP contribution in [0.15, 0.2) is 22.3 Å². The van der Waals surface area contributed by atoms with Crippen molar-refractivity contribution in [2.24, 2.45) is 46.3 Å². The molecule has 6 fully saturated rings. The standard InChI is InChI=1S/C23H30/c1-22-6-3-7-23(2,11-22)21-17-10-16(20(21)22)14-9-15(17)19-13-5-4-12(8-13)18(14)19/h12-13,18-21H,3-11H2,1-2H3/t12?,13?,18?,19?,20?,21?,22-,23?/m0/s1. The molecule has 0 aromatic heterocycles. The highest BCUT2D eigenvalue weighted by Gasteiger charge is 2.67. The van der Waals surface area contributed by atoms with Crippen LogP contribution in [0.25, 0.3) is 0 Å². The monoisotopic (exact) mass is 306 g/mol. The summed E-state index contributed by atoms with van der Waals surface area (Å²) >= 11 is 0. The Hall–Kier alpha value is -0.520. The van der Waals surface area contributed by atoms with Crippen LogP contribution in [0.5, 0.6) is 0 Å². The van der Waals surface area contributed by atoms with Gasteiger partial charge >= 0.3 is 0 Å². The summed E-state index contributed by atoms with van der Waals surface area (Å²) in [5.74, 6) is 6.19. The maximum atomic E-state index is 2.68. The number of fused-ring (bicyclic) bond motifs is 4. The zero-order chi connectivity index (χ0) is 15.1. The van der Waals surface area contributed by atoms with Crippen molar-refractivity contribution < 1.29 is 0 Å². The first kappa shape index (κ1) is 12.8. The average molecular weight is 306 g/mol. The second-order valence-corrected chi connectivity index (χ2v) is 11.1. The molecule has 0 spiro atoms. The van der Waals surface area contributed by atoms with Crippen molar-refractivity contribution in [2.75, 3.05) is 0 Å². The summed E-state index contributed by atoms with van der Waals surface area (Å²) in [5, 5.41) is 0. The van der Waals surface area contributed by atoms with Gasteiger partial charge in [0.25, 0.3) is 0 Å². The fourth-order valence-electron chi connectivity index (χ4n) is 10.0. The van der Waals surface area contributed by atoms with E-state index in [0.29, 0.717) is 10.8 Å². The molecular weight excluding hydrogens is 276 g/mol. The highest BCUT2D eigenvalue weighted by Crippen LogP contribution is 2.77. The molecule has 0 heterocycles. The minimum absolute atomic E-state index is 0.653. The van der Waals surface area contributed by atoms with E-state index in [1.807, 2.05) is 22.3 Å². The molecule has 0 aliphatic heterocycles. The van der Waals surface area contributed by atoms with Gasteiger partial charge in [-0.3, -0.25) is 0 Å². The summed E-state index contributed by atoms with van der Waals surface area (Å²) in [7, 11) is 0. The third kappa shape index (κ3) is 1.20. The van der Waals surface area contributed by atoms with Crippen LogP contribution in [0.2, 0.25) is 0 Å². The van der Waals surface area contributed by atoms with Gasteiger partial charge in [-0.05, 0) is 97.7 Å². The molecule has 6 saturated carbocycles. The number of hydrogen-bond acceptors (Lipinski definition) is 0. The summed E-state index contributed by atoms with van der Waals surface area (Å²) in [4.78, 5) is 0. The van der Waals surface area contributed by atoms with Crippen LogP contribution < -0.4 is 0 Å². The zero-order valence-electron chi connectivity index (χ0n) is 14.8. The first-order chi connectivity index (χ1) is 11.1. The van der Waals surface area contributed by atoms with E-state index in [2.05, 4.69) is 13.8 Å². The second-order valence-electron chi connectivity index (χ2n) is 11.1. The molecule has 122 valence electrons. The van der Waals surface area contributed by atoms with Gasteiger partial charge in [0, 0.05) is 0 Å². The lowest BCUT2D eigenvalue weighted by Crippen LogP contribution is -2.28. The van der Waals surface area contributed by atoms with E-state index in [-0.39, 0.29) is 0 Å². The van der Waals surface area contributed by atoms with Crippen molar-refractivity contribution in [3.05, 3.63) is 22.3 Å². The quantitative estimate of drug-likeness (QED) is 0.489. The maximum Gasteiger partial charge on any atom is -0.00718 e. The van der Waals surface area contributed by atoms with Gasteiger partial charge in [-0.2, -0.15) is 0 Å². The molecule has 0 aromatic rings. The van der Waals surface area contributed by atoms with Crippen molar-refractivity contribution in [3.63, 3.8) is 0 Å². The molecule has 0 amide bonds. The minimum Gasteiger partial charge on any atom is -0.0623 e. The third-order valence-electron chi connectivity index (χ3n) is 10.2. The van der Waals surface area contributed by atoms with Crippen LogP contribution in [0.3, 0.4) is 0 Å². The van der Waals surface area contributed by atoms with Crippen molar-refractivity contribution in [1.82, 2.24) is 0 Å². The SMILES string of the molecule is CC12CCC[C@@](C)(C1)C1C3=C4CC(=C(C3)C12)C1C2CCC(C2)C41. The predicted molar refractivity (Wildman–Crippen MR) is 92.8 cm³/mol. The lowest BCUT2D eigenvalue weighted by Gasteiger charge is -2.39. The van der Waals surface area contributed by atoms with Gasteiger partial charge < -0.3 is 0 Å². The summed E-state index contributed by atoms with van der Waals surface area (Å²) in [6, 6.07) is 0. The van der Waals surface area contributed by atoms with E-state index in [9.17, 15) is 0 Å². The van der Waals surface area contributed by atoms with Crippen LogP contribution in [0.1, 0.15) is 71.6 Å². The van der Waals surface area contributed by atoms with Crippen molar-refractivity contribution in [2.45, 2.75) is 71.6 Å². The van der Waals surface area contributed by atoms with Crippen molar-refractivity contribution >= 4 is 0 Å². The van der Waals surface area contributed by atoms with Crippen LogP contribution in [0, 0.1) is 46.3 Å². The first-order valence-electron chi connectivity index (χ1n) is 10.5. The normalized spacial score (nSPS) is 60.8. The molecule has 0 aromatic carbocycles. The molecule has 0 saturated heterocycles. The molecule has 7 rings (SSSR count). The van der Waals surface area contributed by atoms with Gasteiger partial charge in [-0.25, -0.2) is 0 Å². The Morgan fingerprint density at radius 1 is 0.739 bits per heavy atom. The topological polar surface area (TPSA) is 0 Å². The van der Waals surface area contributed by atoms with E-state index >= 15 is 0 Å². The van der Waals surface area contributed by atoms with E-state index in [0.717, 1.165) is 35.5 Å². The predicted octanol–water partition coefficient (Wildman–Crippen LogP) is 5.90. The Labute approximate surface area is 140 Å². The van der Waals surface area contributed by atoms with Crippen molar-refractivity contribution in [1.29, 1.82) is 0 Å². The summed E-state index contributed by atoms with van der Waals surface area (Å²) in [5.41, 5.74) is 9.43. The number of hydrogen-bond donors (Lipinski definition) is 0. The van der Waals surface area contributed by atoms with Crippen molar-refractivity contribution in [3.8, 4) is 0 Å². The molecule has 0 nitrogen and oxygen atoms in total. The van der Waals surface area contributed by atoms with Crippen LogP contribution in [0.4, 0.5) is 0 Å². The second kappa shape index (κ2) is 3.54. The molecule has 7 aliphatic carbocycles. The van der Waals surface area contributed by atoms with Crippen LogP contribution in [-0.4, -0.2) is 0 Å². The number of allylic oxidation sites excluding steroid dienone is 4. The molecule has 7 aliphatic rings. The number of rotatable bonds is 0. The highest BCUT2D eigenvalue weighted by molar-refractivity contribution is 5.54. The van der Waals surface area contributed by atoms with Crippen LogP contribution >= 0.6 is 0 Å². The lowest BCUT2D eigenvalue weighted by atomic mass is 9.66. The molecule has 0 radical (unpaired) electrons. The molecule has 8 atom stereocenters. The van der Waals surface area contributed by atoms with Gasteiger partial charge in [0.1, 0.15) is 0 Å². The van der Waals surface area contributed by atoms with E-state index < -0.39 is 0 Å². The van der Waals surface area contributed by atoms with Gasteiger partial charge in [-0.1, -0.05) is 42.6 Å². The summed E-state index contributed by atoms with van der Waals surface area (Å²) in [6.07, 6.45) is 13.7. The van der Waals surface area contributed by atoms with E-state index in [4.69, 9.17) is 0 Å². The van der Waals surface area contributed by atoms with Gasteiger partial charge in [0.05, 0.1) is 0 Å². The molecule has 23 heavy (non-hydrogen) atoms. The lowest BCUT2D eigenvalue weighted by molar-refractivity contribution is 0.148. The van der Waals surface area contributed by atoms with Gasteiger partial charge in [0.2, 0.25) is 0 Å². The van der Waals surface area contributed by atoms with E-state index in [1.54, 1.807) is 19.3 Å².